The molecule has 4 aromatic rings. The van der Waals surface area contributed by atoms with Gasteiger partial charge in [-0.3, -0.25) is 9.69 Å². The molecule has 3 saturated heterocycles. The Morgan fingerprint density at radius 3 is 2.84 bits per heavy atom. The van der Waals surface area contributed by atoms with Crippen LogP contribution in [0, 0.1) is 23.0 Å². The van der Waals surface area contributed by atoms with Gasteiger partial charge in [-0.2, -0.15) is 15.2 Å². The van der Waals surface area contributed by atoms with Crippen LogP contribution in [0.4, 0.5) is 18.2 Å². The number of carbonyl (C=O) groups excluding carboxylic acids is 1. The Balaban J connectivity index is 1.32. The molecule has 13 heteroatoms. The summed E-state index contributed by atoms with van der Waals surface area (Å²) in [7, 11) is 0. The number of nitriles is 1. The number of aromatic nitrogens is 2. The first-order chi connectivity index (χ1) is 21.7. The molecule has 232 valence electrons. The van der Waals surface area contributed by atoms with Crippen LogP contribution < -0.4 is 15.2 Å². The normalized spacial score (nSPS) is 23.0. The largest absolute Gasteiger partial charge is 0.472 e. The molecular formula is C32H29F3N6O3S. The molecular weight excluding hydrogens is 605 g/mol. The lowest BCUT2D eigenvalue weighted by Gasteiger charge is -2.30. The Labute approximate surface area is 260 Å². The van der Waals surface area contributed by atoms with Gasteiger partial charge in [-0.1, -0.05) is 18.7 Å². The van der Waals surface area contributed by atoms with Gasteiger partial charge in [0.05, 0.1) is 27.7 Å². The zero-order valence-electron chi connectivity index (χ0n) is 24.2. The number of fused-ring (bicyclic) bond motifs is 3. The lowest BCUT2D eigenvalue weighted by molar-refractivity contribution is -0.125. The Kier molecular flexibility index (Phi) is 7.29. The molecule has 0 bridgehead atoms. The second kappa shape index (κ2) is 11.2. The highest BCUT2D eigenvalue weighted by atomic mass is 32.1. The zero-order valence-corrected chi connectivity index (χ0v) is 25.0. The van der Waals surface area contributed by atoms with Crippen molar-refractivity contribution in [1.29, 1.82) is 5.26 Å². The minimum Gasteiger partial charge on any atom is -0.472 e. The Bertz CT molecular complexity index is 1910. The van der Waals surface area contributed by atoms with E-state index < -0.39 is 29.4 Å². The fourth-order valence-electron chi connectivity index (χ4n) is 6.96. The van der Waals surface area contributed by atoms with E-state index in [0.717, 1.165) is 30.7 Å². The van der Waals surface area contributed by atoms with E-state index in [1.54, 1.807) is 11.0 Å². The van der Waals surface area contributed by atoms with Gasteiger partial charge in [0.1, 0.15) is 41.3 Å². The summed E-state index contributed by atoms with van der Waals surface area (Å²) in [5.41, 5.74) is 5.88. The summed E-state index contributed by atoms with van der Waals surface area (Å²) in [5, 5.41) is 10.4. The van der Waals surface area contributed by atoms with E-state index >= 15 is 4.39 Å². The van der Waals surface area contributed by atoms with E-state index in [2.05, 4.69) is 21.4 Å². The second-order valence-corrected chi connectivity index (χ2v) is 12.8. The maximum absolute atomic E-state index is 16.6. The van der Waals surface area contributed by atoms with Crippen molar-refractivity contribution in [1.82, 2.24) is 19.8 Å². The molecule has 3 unspecified atom stereocenters. The zero-order chi connectivity index (χ0) is 31.5. The highest BCUT2D eigenvalue weighted by molar-refractivity contribution is 7.23. The molecule has 45 heavy (non-hydrogen) atoms. The number of hydrogen-bond acceptors (Lipinski definition) is 9. The van der Waals surface area contributed by atoms with Gasteiger partial charge in [0.25, 0.3) is 0 Å². The van der Waals surface area contributed by atoms with Gasteiger partial charge < -0.3 is 20.1 Å². The molecule has 7 rings (SSSR count). The third kappa shape index (κ3) is 4.92. The number of halogens is 3. The van der Waals surface area contributed by atoms with Gasteiger partial charge in [-0.05, 0) is 43.2 Å². The number of likely N-dealkylation sites (tertiary alicyclic amines) is 1. The van der Waals surface area contributed by atoms with Crippen molar-refractivity contribution < 1.29 is 27.4 Å². The molecule has 0 aliphatic carbocycles. The van der Waals surface area contributed by atoms with Gasteiger partial charge in [-0.15, -0.1) is 11.3 Å². The number of carbonyl (C=O) groups is 1. The number of benzene rings is 2. The highest BCUT2D eigenvalue weighted by Gasteiger charge is 2.49. The van der Waals surface area contributed by atoms with Gasteiger partial charge in [0, 0.05) is 36.9 Å². The fourth-order valence-corrected chi connectivity index (χ4v) is 7.91. The van der Waals surface area contributed by atoms with E-state index in [4.69, 9.17) is 15.2 Å². The van der Waals surface area contributed by atoms with E-state index in [9.17, 15) is 18.8 Å². The molecule has 3 aliphatic heterocycles. The van der Waals surface area contributed by atoms with Gasteiger partial charge in [-0.25, -0.2) is 13.2 Å². The number of ether oxygens (including phenoxy) is 2. The van der Waals surface area contributed by atoms with E-state index in [1.807, 2.05) is 6.07 Å². The van der Waals surface area contributed by atoms with Crippen molar-refractivity contribution in [3.8, 4) is 29.1 Å². The van der Waals surface area contributed by atoms with Crippen molar-refractivity contribution in [3.05, 3.63) is 54.1 Å². The summed E-state index contributed by atoms with van der Waals surface area (Å²) < 4.78 is 58.2. The van der Waals surface area contributed by atoms with E-state index in [-0.39, 0.29) is 67.1 Å². The highest BCUT2D eigenvalue weighted by Crippen LogP contribution is 2.44. The lowest BCUT2D eigenvalue weighted by atomic mass is 9.95. The summed E-state index contributed by atoms with van der Waals surface area (Å²) in [6, 6.07) is 7.63. The number of alkyl halides is 1. The SMILES string of the molecule is C=CC(=O)N1CCC(Oc2nc(OCC34CCCN3CC(F)C4)nc3c(F)c(-c4ccc(F)c5sc(N)c(C#N)c45)ccc23)C1. The Morgan fingerprint density at radius 2 is 2.04 bits per heavy atom. The topological polar surface area (TPSA) is 118 Å². The Morgan fingerprint density at radius 1 is 1.22 bits per heavy atom. The Hall–Kier alpha value is -4.41. The minimum atomic E-state index is -0.953. The summed E-state index contributed by atoms with van der Waals surface area (Å²) in [6.07, 6.45) is 2.43. The third-order valence-electron chi connectivity index (χ3n) is 9.11. The molecule has 9 nitrogen and oxygen atoms in total. The van der Waals surface area contributed by atoms with Crippen LogP contribution in [0.2, 0.25) is 0 Å². The standard InChI is InChI=1S/C32H29F3N6O3S/c1-2-24(42)40-11-8-18(15-40)44-30-21-5-4-20(19-6-7-23(34)28-25(19)22(13-36)29(37)45-28)26(35)27(21)38-31(39-30)43-16-32-9-3-10-41(32)14-17(33)12-32/h2,4-7,17-18H,1,3,8-12,14-16,37H2. The summed E-state index contributed by atoms with van der Waals surface area (Å²) in [5.74, 6) is -1.44. The number of nitrogens with two attached hydrogens (primary N) is 1. The molecule has 1 amide bonds. The van der Waals surface area contributed by atoms with Crippen LogP contribution in [0.1, 0.15) is 31.2 Å². The van der Waals surface area contributed by atoms with Crippen LogP contribution in [0.15, 0.2) is 36.9 Å². The van der Waals surface area contributed by atoms with Crippen LogP contribution >= 0.6 is 11.3 Å². The van der Waals surface area contributed by atoms with Crippen molar-refractivity contribution in [2.45, 2.75) is 43.5 Å². The molecule has 3 fully saturated rings. The first-order valence-corrected chi connectivity index (χ1v) is 15.5. The smallest absolute Gasteiger partial charge is 0.320 e. The van der Waals surface area contributed by atoms with Crippen molar-refractivity contribution >= 4 is 43.2 Å². The number of amides is 1. The minimum absolute atomic E-state index is 0.0719. The fraction of sp³-hybridized carbons (Fsp3) is 0.375. The number of hydrogen-bond donors (Lipinski definition) is 1. The molecule has 3 aliphatic rings. The van der Waals surface area contributed by atoms with Crippen LogP contribution in [0.5, 0.6) is 11.9 Å². The quantitative estimate of drug-likeness (QED) is 0.270. The average Bonchev–Trinajstić information content (AvgIpc) is 3.79. The van der Waals surface area contributed by atoms with Crippen molar-refractivity contribution in [2.24, 2.45) is 0 Å². The van der Waals surface area contributed by atoms with Crippen LogP contribution in [0.25, 0.3) is 32.1 Å². The van der Waals surface area contributed by atoms with Gasteiger partial charge in [0.15, 0.2) is 5.82 Å². The third-order valence-corrected chi connectivity index (χ3v) is 10.1. The molecule has 2 N–H and O–H groups in total. The molecule has 0 saturated carbocycles. The van der Waals surface area contributed by atoms with Crippen molar-refractivity contribution in [2.75, 3.05) is 38.5 Å². The number of nitrogens with zero attached hydrogens (tertiary/aromatic N) is 5. The number of anilines is 1. The number of rotatable bonds is 7. The molecule has 5 heterocycles. The summed E-state index contributed by atoms with van der Waals surface area (Å²) in [4.78, 5) is 24.8. The monoisotopic (exact) mass is 634 g/mol. The second-order valence-electron chi connectivity index (χ2n) is 11.8. The first kappa shape index (κ1) is 29.3. The molecule has 0 spiro atoms. The van der Waals surface area contributed by atoms with E-state index in [1.165, 1.54) is 24.3 Å². The molecule has 2 aromatic carbocycles. The summed E-state index contributed by atoms with van der Waals surface area (Å²) in [6.45, 7) is 5.56. The average molecular weight is 635 g/mol. The van der Waals surface area contributed by atoms with Crippen LogP contribution in [-0.2, 0) is 4.79 Å². The van der Waals surface area contributed by atoms with Crippen LogP contribution in [-0.4, -0.2) is 76.3 Å². The van der Waals surface area contributed by atoms with Gasteiger partial charge in [0.2, 0.25) is 11.8 Å². The lowest BCUT2D eigenvalue weighted by Crippen LogP contribution is -2.43. The molecule has 2 aromatic heterocycles. The molecule has 0 radical (unpaired) electrons. The van der Waals surface area contributed by atoms with Crippen molar-refractivity contribution in [3.63, 3.8) is 0 Å². The first-order valence-electron chi connectivity index (χ1n) is 14.7. The van der Waals surface area contributed by atoms with Crippen LogP contribution in [0.3, 0.4) is 0 Å². The van der Waals surface area contributed by atoms with E-state index in [0.29, 0.717) is 32.5 Å². The maximum Gasteiger partial charge on any atom is 0.320 e. The predicted molar refractivity (Wildman–Crippen MR) is 164 cm³/mol. The number of thiophene rings is 1. The van der Waals surface area contributed by atoms with Gasteiger partial charge >= 0.3 is 6.01 Å². The maximum atomic E-state index is 16.6. The number of nitrogen functional groups attached to an aromatic ring is 1. The predicted octanol–water partition coefficient (Wildman–Crippen LogP) is 5.36. The summed E-state index contributed by atoms with van der Waals surface area (Å²) >= 11 is 0.928. The molecule has 3 atom stereocenters.